The molecule has 0 aromatic heterocycles. The van der Waals surface area contributed by atoms with Crippen molar-refractivity contribution in [1.82, 2.24) is 10.2 Å². The van der Waals surface area contributed by atoms with Crippen molar-refractivity contribution in [3.8, 4) is 0 Å². The Morgan fingerprint density at radius 2 is 1.56 bits per heavy atom. The summed E-state index contributed by atoms with van der Waals surface area (Å²) in [5, 5.41) is 2.54. The van der Waals surface area contributed by atoms with E-state index in [1.807, 2.05) is 13.8 Å². The molecular weight excluding hydrogens is 626 g/mol. The molecule has 0 aliphatic carbocycles. The number of carbonyl (C=O) groups excluding carboxylic acids is 2. The lowest BCUT2D eigenvalue weighted by molar-refractivity contribution is -0.140. The van der Waals surface area contributed by atoms with Crippen LogP contribution in [0, 0.1) is 5.92 Å². The van der Waals surface area contributed by atoms with Gasteiger partial charge in [0.2, 0.25) is 21.8 Å². The van der Waals surface area contributed by atoms with Crippen molar-refractivity contribution in [1.29, 1.82) is 0 Å². The van der Waals surface area contributed by atoms with Crippen molar-refractivity contribution in [2.24, 2.45) is 5.92 Å². The number of sulfonamides is 1. The van der Waals surface area contributed by atoms with Crippen LogP contribution in [0.2, 0.25) is 10.0 Å². The van der Waals surface area contributed by atoms with Crippen molar-refractivity contribution in [2.45, 2.75) is 39.0 Å². The summed E-state index contributed by atoms with van der Waals surface area (Å²) in [5.74, 6) is -1.20. The molecule has 3 rings (SSSR count). The Balaban J connectivity index is 2.10. The SMILES string of the molecule is CC(C)CNC(=O)[C@@H](Cc1ccccc1)N(Cc1ccccc1Cl)C(=O)CN(c1ccc(Cl)c(C(F)(F)F)c1)S(C)(=O)=O. The van der Waals surface area contributed by atoms with E-state index in [0.717, 1.165) is 24.0 Å². The summed E-state index contributed by atoms with van der Waals surface area (Å²) in [6.45, 7) is 3.08. The van der Waals surface area contributed by atoms with Crippen molar-refractivity contribution in [3.05, 3.63) is 99.5 Å². The first kappa shape index (κ1) is 34.2. The highest BCUT2D eigenvalue weighted by molar-refractivity contribution is 7.92. The summed E-state index contributed by atoms with van der Waals surface area (Å²) in [5.41, 5.74) is -0.439. The van der Waals surface area contributed by atoms with Crippen molar-refractivity contribution >= 4 is 50.7 Å². The lowest BCUT2D eigenvalue weighted by Gasteiger charge is -2.34. The van der Waals surface area contributed by atoms with Crippen LogP contribution < -0.4 is 9.62 Å². The maximum absolute atomic E-state index is 14.1. The smallest absolute Gasteiger partial charge is 0.354 e. The number of carbonyl (C=O) groups is 2. The van der Waals surface area contributed by atoms with Crippen LogP contribution in [0.4, 0.5) is 18.9 Å². The molecule has 3 aromatic rings. The summed E-state index contributed by atoms with van der Waals surface area (Å²) in [7, 11) is -4.28. The fraction of sp³-hybridized carbons (Fsp3) is 0.333. The van der Waals surface area contributed by atoms with Gasteiger partial charge in [-0.05, 0) is 41.3 Å². The highest BCUT2D eigenvalue weighted by Gasteiger charge is 2.36. The van der Waals surface area contributed by atoms with Gasteiger partial charge < -0.3 is 10.2 Å². The van der Waals surface area contributed by atoms with E-state index in [1.54, 1.807) is 54.6 Å². The predicted octanol–water partition coefficient (Wildman–Crippen LogP) is 6.19. The minimum absolute atomic E-state index is 0.0823. The van der Waals surface area contributed by atoms with E-state index in [2.05, 4.69) is 5.32 Å². The van der Waals surface area contributed by atoms with Gasteiger partial charge in [0.1, 0.15) is 12.6 Å². The number of nitrogens with one attached hydrogen (secondary N) is 1. The number of amides is 2. The van der Waals surface area contributed by atoms with E-state index in [0.29, 0.717) is 27.5 Å². The Morgan fingerprint density at radius 3 is 2.14 bits per heavy atom. The molecular formula is C30H32Cl2F3N3O4S. The summed E-state index contributed by atoms with van der Waals surface area (Å²) < 4.78 is 67.1. The molecule has 7 nitrogen and oxygen atoms in total. The molecule has 43 heavy (non-hydrogen) atoms. The van der Waals surface area contributed by atoms with E-state index < -0.39 is 56.9 Å². The third-order valence-electron chi connectivity index (χ3n) is 6.48. The first-order chi connectivity index (χ1) is 20.1. The van der Waals surface area contributed by atoms with Gasteiger partial charge >= 0.3 is 6.18 Å². The summed E-state index contributed by atoms with van der Waals surface area (Å²) in [6.07, 6.45) is -4.01. The van der Waals surface area contributed by atoms with Crippen LogP contribution >= 0.6 is 23.2 Å². The quantitative estimate of drug-likeness (QED) is 0.252. The minimum atomic E-state index is -4.87. The molecule has 0 radical (unpaired) electrons. The summed E-state index contributed by atoms with van der Waals surface area (Å²) in [4.78, 5) is 28.9. The average Bonchev–Trinajstić information content (AvgIpc) is 2.93. The first-order valence-corrected chi connectivity index (χ1v) is 15.9. The van der Waals surface area contributed by atoms with Crippen molar-refractivity contribution in [3.63, 3.8) is 0 Å². The Labute approximate surface area is 259 Å². The maximum atomic E-state index is 14.1. The van der Waals surface area contributed by atoms with Crippen molar-refractivity contribution in [2.75, 3.05) is 23.7 Å². The molecule has 232 valence electrons. The first-order valence-electron chi connectivity index (χ1n) is 13.3. The minimum Gasteiger partial charge on any atom is -0.354 e. The largest absolute Gasteiger partial charge is 0.417 e. The Morgan fingerprint density at radius 1 is 0.930 bits per heavy atom. The molecule has 0 saturated heterocycles. The summed E-state index contributed by atoms with van der Waals surface area (Å²) >= 11 is 12.2. The van der Waals surface area contributed by atoms with E-state index in [-0.39, 0.29) is 18.9 Å². The fourth-order valence-electron chi connectivity index (χ4n) is 4.29. The second-order valence-electron chi connectivity index (χ2n) is 10.4. The van der Waals surface area contributed by atoms with Gasteiger partial charge in [-0.25, -0.2) is 8.42 Å². The molecule has 1 atom stereocenters. The van der Waals surface area contributed by atoms with Gasteiger partial charge in [-0.15, -0.1) is 0 Å². The standard InChI is InChI=1S/C30H32Cl2F3N3O4S/c1-20(2)17-36-29(40)27(15-21-9-5-4-6-10-21)37(18-22-11-7-8-12-25(22)31)28(39)19-38(43(3,41)42)23-13-14-26(32)24(16-23)30(33,34)35/h4-14,16,20,27H,15,17-19H2,1-3H3,(H,36,40)/t27-/m1/s1. The summed E-state index contributed by atoms with van der Waals surface area (Å²) in [6, 6.07) is 17.1. The monoisotopic (exact) mass is 657 g/mol. The van der Waals surface area contributed by atoms with Crippen LogP contribution in [0.5, 0.6) is 0 Å². The second-order valence-corrected chi connectivity index (χ2v) is 13.1. The maximum Gasteiger partial charge on any atom is 0.417 e. The fourth-order valence-corrected chi connectivity index (χ4v) is 5.55. The molecule has 0 heterocycles. The van der Waals surface area contributed by atoms with E-state index in [9.17, 15) is 31.2 Å². The number of halogens is 5. The molecule has 0 bridgehead atoms. The highest BCUT2D eigenvalue weighted by atomic mass is 35.5. The molecule has 0 aliphatic heterocycles. The van der Waals surface area contributed by atoms with E-state index in [4.69, 9.17) is 23.2 Å². The molecule has 0 unspecified atom stereocenters. The molecule has 0 aliphatic rings. The van der Waals surface area contributed by atoms with Gasteiger partial charge in [0, 0.05) is 24.5 Å². The molecule has 3 aromatic carbocycles. The molecule has 2 amide bonds. The molecule has 0 fully saturated rings. The van der Waals surface area contributed by atoms with Crippen LogP contribution in [0.15, 0.2) is 72.8 Å². The van der Waals surface area contributed by atoms with Crippen LogP contribution in [0.3, 0.4) is 0 Å². The zero-order valence-corrected chi connectivity index (χ0v) is 26.1. The van der Waals surface area contributed by atoms with Crippen LogP contribution in [-0.2, 0) is 38.8 Å². The van der Waals surface area contributed by atoms with Gasteiger partial charge in [-0.3, -0.25) is 13.9 Å². The van der Waals surface area contributed by atoms with Crippen LogP contribution in [0.1, 0.15) is 30.5 Å². The number of hydrogen-bond donors (Lipinski definition) is 1. The number of hydrogen-bond acceptors (Lipinski definition) is 4. The third-order valence-corrected chi connectivity index (χ3v) is 8.32. The number of nitrogens with zero attached hydrogens (tertiary/aromatic N) is 2. The Kier molecular flexibility index (Phi) is 11.5. The van der Waals surface area contributed by atoms with Gasteiger partial charge in [-0.1, -0.05) is 85.6 Å². The normalized spacial score (nSPS) is 12.6. The number of alkyl halides is 3. The van der Waals surface area contributed by atoms with Crippen LogP contribution in [0.25, 0.3) is 0 Å². The van der Waals surface area contributed by atoms with Crippen molar-refractivity contribution < 1.29 is 31.2 Å². The molecule has 13 heteroatoms. The Bertz CT molecular complexity index is 1540. The number of rotatable bonds is 12. The Hall–Kier alpha value is -3.28. The molecule has 0 spiro atoms. The van der Waals surface area contributed by atoms with E-state index in [1.165, 1.54) is 4.90 Å². The topological polar surface area (TPSA) is 86.8 Å². The highest BCUT2D eigenvalue weighted by Crippen LogP contribution is 2.37. The van der Waals surface area contributed by atoms with Crippen LogP contribution in [-0.4, -0.2) is 50.5 Å². The number of benzene rings is 3. The number of anilines is 1. The molecule has 1 N–H and O–H groups in total. The average molecular weight is 659 g/mol. The van der Waals surface area contributed by atoms with Gasteiger partial charge in [-0.2, -0.15) is 13.2 Å². The zero-order chi connectivity index (χ0) is 31.9. The second kappa shape index (κ2) is 14.5. The van der Waals surface area contributed by atoms with Gasteiger partial charge in [0.25, 0.3) is 0 Å². The lowest BCUT2D eigenvalue weighted by Crippen LogP contribution is -2.53. The lowest BCUT2D eigenvalue weighted by atomic mass is 10.0. The zero-order valence-electron chi connectivity index (χ0n) is 23.7. The predicted molar refractivity (Wildman–Crippen MR) is 162 cm³/mol. The third kappa shape index (κ3) is 9.61. The van der Waals surface area contributed by atoms with Gasteiger partial charge in [0.15, 0.2) is 0 Å². The van der Waals surface area contributed by atoms with Gasteiger partial charge in [0.05, 0.1) is 22.5 Å². The van der Waals surface area contributed by atoms with E-state index >= 15 is 0 Å². The molecule has 0 saturated carbocycles.